The molecule has 0 radical (unpaired) electrons. The van der Waals surface area contributed by atoms with Crippen LogP contribution in [0.5, 0.6) is 0 Å². The smallest absolute Gasteiger partial charge is 0.334 e. The first-order valence-electron chi connectivity index (χ1n) is 10.3. The van der Waals surface area contributed by atoms with E-state index in [1.165, 1.54) is 12.1 Å². The van der Waals surface area contributed by atoms with Crippen LogP contribution in [-0.2, 0) is 23.7 Å². The highest BCUT2D eigenvalue weighted by molar-refractivity contribution is 6.27. The van der Waals surface area contributed by atoms with Crippen molar-refractivity contribution in [3.05, 3.63) is 64.6 Å². The Hall–Kier alpha value is -3.31. The Bertz CT molecular complexity index is 967. The fourth-order valence-electron chi connectivity index (χ4n) is 3.03. The lowest BCUT2D eigenvalue weighted by atomic mass is 9.88. The van der Waals surface area contributed by atoms with Crippen LogP contribution < -0.4 is 0 Å². The lowest BCUT2D eigenvalue weighted by Crippen LogP contribution is -2.18. The molecule has 1 aromatic heterocycles. The first-order valence-corrected chi connectivity index (χ1v) is 10.3. The molecule has 0 saturated carbocycles. The van der Waals surface area contributed by atoms with Crippen LogP contribution in [0.15, 0.2) is 40.8 Å². The van der Waals surface area contributed by atoms with Crippen molar-refractivity contribution >= 4 is 23.3 Å². The third kappa shape index (κ3) is 6.36. The molecule has 1 aromatic carbocycles. The second-order valence-electron chi connectivity index (χ2n) is 6.82. The molecule has 1 aliphatic rings. The molecule has 0 amide bonds. The van der Waals surface area contributed by atoms with Gasteiger partial charge in [-0.25, -0.2) is 4.79 Å². The van der Waals surface area contributed by atoms with Crippen LogP contribution in [0.2, 0.25) is 0 Å². The fraction of sp³-hybridized carbons (Fsp3) is 0.348. The number of carbonyl (C=O) groups excluding carboxylic acids is 3. The van der Waals surface area contributed by atoms with Gasteiger partial charge in [0.25, 0.3) is 0 Å². The number of benzene rings is 1. The maximum Gasteiger partial charge on any atom is 0.334 e. The summed E-state index contributed by atoms with van der Waals surface area (Å²) in [6, 6.07) is 7.58. The Balaban J connectivity index is 1.43. The van der Waals surface area contributed by atoms with Gasteiger partial charge in [-0.3, -0.25) is 9.59 Å². The molecule has 1 aliphatic carbocycles. The number of aliphatic hydroxyl groups is 2. The minimum absolute atomic E-state index is 0.0256. The zero-order chi connectivity index (χ0) is 23.6. The van der Waals surface area contributed by atoms with Gasteiger partial charge in [-0.05, 0) is 6.07 Å². The zero-order valence-corrected chi connectivity index (χ0v) is 17.8. The molecule has 10 heteroatoms. The van der Waals surface area contributed by atoms with Crippen LogP contribution in [0.3, 0.4) is 0 Å². The maximum atomic E-state index is 12.6. The summed E-state index contributed by atoms with van der Waals surface area (Å²) in [5, 5.41) is 18.7. The van der Waals surface area contributed by atoms with E-state index in [0.29, 0.717) is 26.4 Å². The Labute approximate surface area is 189 Å². The molecular weight excluding hydrogens is 436 g/mol. The van der Waals surface area contributed by atoms with Crippen molar-refractivity contribution in [2.24, 2.45) is 0 Å². The van der Waals surface area contributed by atoms with Crippen LogP contribution in [0.25, 0.3) is 5.76 Å². The van der Waals surface area contributed by atoms with E-state index in [2.05, 4.69) is 0 Å². The van der Waals surface area contributed by atoms with Crippen molar-refractivity contribution in [3.63, 3.8) is 0 Å². The Morgan fingerprint density at radius 2 is 1.42 bits per heavy atom. The molecule has 0 bridgehead atoms. The predicted molar refractivity (Wildman–Crippen MR) is 113 cm³/mol. The highest BCUT2D eigenvalue weighted by Gasteiger charge is 2.34. The second kappa shape index (κ2) is 12.1. The number of ether oxygens (including phenoxy) is 4. The van der Waals surface area contributed by atoms with E-state index < -0.39 is 23.3 Å². The van der Waals surface area contributed by atoms with E-state index in [1.54, 1.807) is 18.2 Å². The second-order valence-corrected chi connectivity index (χ2v) is 6.82. The number of aliphatic hydroxyl groups excluding tert-OH is 2. The number of fused-ring (bicyclic) bond motifs is 2. The molecular formula is C23H24O10. The standard InChI is InChI=1S/C23H24O10/c24-5-6-29-7-8-30-9-10-31-11-12-32-20(26)14-18(25)19-13-17-21(27)15-3-1-2-4-16(15)22(28)23(17)33-19/h1-4,13-14,24-25H,5-12H2/b18-14-. The Morgan fingerprint density at radius 1 is 0.848 bits per heavy atom. The van der Waals surface area contributed by atoms with Gasteiger partial charge in [-0.15, -0.1) is 0 Å². The molecule has 0 saturated heterocycles. The fourth-order valence-corrected chi connectivity index (χ4v) is 3.03. The quantitative estimate of drug-likeness (QED) is 0.167. The van der Waals surface area contributed by atoms with E-state index in [4.69, 9.17) is 28.5 Å². The van der Waals surface area contributed by atoms with Crippen LogP contribution in [0.4, 0.5) is 0 Å². The number of hydrogen-bond acceptors (Lipinski definition) is 10. The molecule has 1 heterocycles. The Kier molecular flexibility index (Phi) is 8.90. The van der Waals surface area contributed by atoms with Gasteiger partial charge >= 0.3 is 5.97 Å². The van der Waals surface area contributed by atoms with Crippen LogP contribution in [0.1, 0.15) is 37.8 Å². The summed E-state index contributed by atoms with van der Waals surface area (Å²) >= 11 is 0. The lowest BCUT2D eigenvalue weighted by Gasteiger charge is -2.11. The SMILES string of the molecule is O=C(/C=C(\O)c1cc2c(o1)C(=O)c1ccccc1C2=O)OCCOCCOCCOCCO. The normalized spacial score (nSPS) is 13.1. The molecule has 176 valence electrons. The first-order chi connectivity index (χ1) is 16.0. The monoisotopic (exact) mass is 460 g/mol. The first kappa shape index (κ1) is 24.3. The van der Waals surface area contributed by atoms with Crippen molar-refractivity contribution in [2.75, 3.05) is 52.9 Å². The topological polar surface area (TPSA) is 142 Å². The summed E-state index contributed by atoms with van der Waals surface area (Å²) in [6.07, 6.45) is 0.794. The summed E-state index contributed by atoms with van der Waals surface area (Å²) < 4.78 is 25.8. The van der Waals surface area contributed by atoms with Crippen molar-refractivity contribution in [1.82, 2.24) is 0 Å². The van der Waals surface area contributed by atoms with Gasteiger partial charge in [0.1, 0.15) is 6.61 Å². The molecule has 2 aromatic rings. The average molecular weight is 460 g/mol. The molecule has 0 unspecified atom stereocenters. The molecule has 0 aliphatic heterocycles. The van der Waals surface area contributed by atoms with Gasteiger partial charge in [0, 0.05) is 11.1 Å². The lowest BCUT2D eigenvalue weighted by molar-refractivity contribution is -0.139. The van der Waals surface area contributed by atoms with E-state index >= 15 is 0 Å². The third-order valence-corrected chi connectivity index (χ3v) is 4.56. The number of esters is 1. The number of furan rings is 1. The van der Waals surface area contributed by atoms with Gasteiger partial charge in [-0.2, -0.15) is 0 Å². The number of ketones is 2. The number of rotatable bonds is 13. The van der Waals surface area contributed by atoms with Crippen LogP contribution >= 0.6 is 0 Å². The van der Waals surface area contributed by atoms with E-state index in [0.717, 1.165) is 6.08 Å². The highest BCUT2D eigenvalue weighted by Crippen LogP contribution is 2.31. The largest absolute Gasteiger partial charge is 0.504 e. The molecule has 33 heavy (non-hydrogen) atoms. The maximum absolute atomic E-state index is 12.6. The summed E-state index contributed by atoms with van der Waals surface area (Å²) in [5.74, 6) is -2.66. The van der Waals surface area contributed by atoms with E-state index in [1.807, 2.05) is 0 Å². The van der Waals surface area contributed by atoms with Gasteiger partial charge in [0.2, 0.25) is 5.78 Å². The summed E-state index contributed by atoms with van der Waals surface area (Å²) in [4.78, 5) is 37.1. The van der Waals surface area contributed by atoms with Crippen molar-refractivity contribution in [3.8, 4) is 0 Å². The molecule has 0 atom stereocenters. The number of hydrogen-bond donors (Lipinski definition) is 2. The van der Waals surface area contributed by atoms with E-state index in [-0.39, 0.29) is 54.6 Å². The van der Waals surface area contributed by atoms with Gasteiger partial charge < -0.3 is 33.6 Å². The number of carbonyl (C=O) groups is 3. The van der Waals surface area contributed by atoms with Crippen molar-refractivity contribution < 1.29 is 48.0 Å². The molecule has 10 nitrogen and oxygen atoms in total. The van der Waals surface area contributed by atoms with E-state index in [9.17, 15) is 19.5 Å². The average Bonchev–Trinajstić information content (AvgIpc) is 3.27. The predicted octanol–water partition coefficient (Wildman–Crippen LogP) is 1.54. The zero-order valence-electron chi connectivity index (χ0n) is 17.8. The minimum Gasteiger partial charge on any atom is -0.504 e. The summed E-state index contributed by atoms with van der Waals surface area (Å²) in [7, 11) is 0. The molecule has 3 rings (SSSR count). The Morgan fingerprint density at radius 3 is 2.06 bits per heavy atom. The van der Waals surface area contributed by atoms with Crippen LogP contribution in [0, 0.1) is 0 Å². The third-order valence-electron chi connectivity index (χ3n) is 4.56. The van der Waals surface area contributed by atoms with Gasteiger partial charge in [0.05, 0.1) is 57.9 Å². The van der Waals surface area contributed by atoms with Crippen molar-refractivity contribution in [2.45, 2.75) is 0 Å². The van der Waals surface area contributed by atoms with Gasteiger partial charge in [0.15, 0.2) is 23.1 Å². The highest BCUT2D eigenvalue weighted by atomic mass is 16.6. The van der Waals surface area contributed by atoms with Crippen molar-refractivity contribution in [1.29, 1.82) is 0 Å². The molecule has 2 N–H and O–H groups in total. The molecule has 0 spiro atoms. The minimum atomic E-state index is -0.844. The molecule has 0 fully saturated rings. The van der Waals surface area contributed by atoms with Crippen LogP contribution in [-0.4, -0.2) is 80.6 Å². The summed E-state index contributed by atoms with van der Waals surface area (Å²) in [5.41, 5.74) is 0.502. The van der Waals surface area contributed by atoms with Gasteiger partial charge in [-0.1, -0.05) is 24.3 Å². The summed E-state index contributed by atoms with van der Waals surface area (Å²) in [6.45, 7) is 1.69.